The van der Waals surface area contributed by atoms with Crippen LogP contribution in [0.4, 0.5) is 0 Å². The first-order chi connectivity index (χ1) is 12.2. The molecular weight excluding hydrogens is 449 g/mol. The van der Waals surface area contributed by atoms with Crippen molar-refractivity contribution >= 4 is 47.4 Å². The quantitative estimate of drug-likeness (QED) is 0.286. The van der Waals surface area contributed by atoms with Crippen molar-refractivity contribution in [2.75, 3.05) is 20.1 Å². The van der Waals surface area contributed by atoms with Crippen molar-refractivity contribution in [3.8, 4) is 0 Å². The highest BCUT2D eigenvalue weighted by Gasteiger charge is 2.25. The van der Waals surface area contributed by atoms with E-state index in [0.717, 1.165) is 11.5 Å². The fraction of sp³-hybridized carbons (Fsp3) is 0.438. The number of amides is 2. The van der Waals surface area contributed by atoms with E-state index in [1.165, 1.54) is 4.90 Å². The van der Waals surface area contributed by atoms with Gasteiger partial charge in [0.15, 0.2) is 17.4 Å². The van der Waals surface area contributed by atoms with E-state index >= 15 is 0 Å². The molecule has 2 amide bonds. The summed E-state index contributed by atoms with van der Waals surface area (Å²) in [4.78, 5) is 29.0. The zero-order valence-electron chi connectivity index (χ0n) is 14.5. The number of hydrogen-bond donors (Lipinski definition) is 2. The Morgan fingerprint density at radius 1 is 1.19 bits per heavy atom. The van der Waals surface area contributed by atoms with Crippen LogP contribution in [-0.2, 0) is 16.1 Å². The SMILES string of the molecule is CN=C(NCCN1C(=O)CCCC1=O)NCc1nnc2ccccn12.I. The molecule has 2 aromatic heterocycles. The third kappa shape index (κ3) is 4.68. The summed E-state index contributed by atoms with van der Waals surface area (Å²) in [5.41, 5.74) is 0.782. The average molecular weight is 471 g/mol. The molecule has 0 aliphatic carbocycles. The van der Waals surface area contributed by atoms with Gasteiger partial charge in [0.25, 0.3) is 0 Å². The Hall–Kier alpha value is -2.24. The molecule has 2 aromatic rings. The van der Waals surface area contributed by atoms with Crippen molar-refractivity contribution in [2.24, 2.45) is 4.99 Å². The molecule has 140 valence electrons. The number of hydrogen-bond acceptors (Lipinski definition) is 5. The second-order valence-corrected chi connectivity index (χ2v) is 5.69. The summed E-state index contributed by atoms with van der Waals surface area (Å²) in [5, 5.41) is 14.5. The van der Waals surface area contributed by atoms with E-state index < -0.39 is 0 Å². The lowest BCUT2D eigenvalue weighted by molar-refractivity contribution is -0.147. The number of rotatable bonds is 5. The molecule has 2 N–H and O–H groups in total. The predicted molar refractivity (Wildman–Crippen MR) is 107 cm³/mol. The first kappa shape index (κ1) is 20.1. The number of imide groups is 1. The van der Waals surface area contributed by atoms with Crippen LogP contribution >= 0.6 is 24.0 Å². The van der Waals surface area contributed by atoms with Crippen molar-refractivity contribution in [1.82, 2.24) is 30.1 Å². The topological polar surface area (TPSA) is 104 Å². The Morgan fingerprint density at radius 3 is 2.69 bits per heavy atom. The summed E-state index contributed by atoms with van der Waals surface area (Å²) < 4.78 is 1.89. The van der Waals surface area contributed by atoms with E-state index in [2.05, 4.69) is 25.8 Å². The highest BCUT2D eigenvalue weighted by Crippen LogP contribution is 2.11. The average Bonchev–Trinajstić information content (AvgIpc) is 3.03. The number of carbonyl (C=O) groups excluding carboxylic acids is 2. The maximum Gasteiger partial charge on any atom is 0.229 e. The molecule has 0 radical (unpaired) electrons. The van der Waals surface area contributed by atoms with Crippen LogP contribution in [0.1, 0.15) is 25.1 Å². The maximum absolute atomic E-state index is 11.8. The molecule has 3 heterocycles. The van der Waals surface area contributed by atoms with Gasteiger partial charge in [0.2, 0.25) is 11.8 Å². The van der Waals surface area contributed by atoms with Crippen LogP contribution in [0, 0.1) is 0 Å². The van der Waals surface area contributed by atoms with Crippen molar-refractivity contribution in [3.63, 3.8) is 0 Å². The van der Waals surface area contributed by atoms with Crippen LogP contribution in [-0.4, -0.2) is 57.4 Å². The zero-order chi connectivity index (χ0) is 17.6. The number of pyridine rings is 1. The Morgan fingerprint density at radius 2 is 1.96 bits per heavy atom. The van der Waals surface area contributed by atoms with Crippen LogP contribution in [0.2, 0.25) is 0 Å². The van der Waals surface area contributed by atoms with Gasteiger partial charge in [0.05, 0.1) is 6.54 Å². The first-order valence-electron chi connectivity index (χ1n) is 8.25. The van der Waals surface area contributed by atoms with E-state index in [0.29, 0.717) is 44.9 Å². The van der Waals surface area contributed by atoms with E-state index in [9.17, 15) is 9.59 Å². The lowest BCUT2D eigenvalue weighted by Crippen LogP contribution is -2.46. The van der Waals surface area contributed by atoms with Gasteiger partial charge in [-0.15, -0.1) is 34.2 Å². The molecule has 10 heteroatoms. The third-order valence-corrected chi connectivity index (χ3v) is 4.03. The summed E-state index contributed by atoms with van der Waals surface area (Å²) in [6, 6.07) is 5.71. The van der Waals surface area contributed by atoms with Crippen LogP contribution in [0.15, 0.2) is 29.4 Å². The number of piperidine rings is 1. The van der Waals surface area contributed by atoms with Crippen molar-refractivity contribution in [1.29, 1.82) is 0 Å². The Kier molecular flexibility index (Phi) is 7.30. The second-order valence-electron chi connectivity index (χ2n) is 5.69. The second kappa shape index (κ2) is 9.46. The number of carbonyl (C=O) groups is 2. The minimum atomic E-state index is -0.101. The number of nitrogens with zero attached hydrogens (tertiary/aromatic N) is 5. The van der Waals surface area contributed by atoms with Crippen molar-refractivity contribution in [2.45, 2.75) is 25.8 Å². The largest absolute Gasteiger partial charge is 0.355 e. The minimum Gasteiger partial charge on any atom is -0.355 e. The van der Waals surface area contributed by atoms with Crippen LogP contribution in [0.3, 0.4) is 0 Å². The van der Waals surface area contributed by atoms with Gasteiger partial charge >= 0.3 is 0 Å². The fourth-order valence-corrected chi connectivity index (χ4v) is 2.73. The van der Waals surface area contributed by atoms with E-state index in [1.807, 2.05) is 28.8 Å². The molecule has 1 saturated heterocycles. The number of fused-ring (bicyclic) bond motifs is 1. The predicted octanol–water partition coefficient (Wildman–Crippen LogP) is 0.551. The third-order valence-electron chi connectivity index (χ3n) is 4.03. The first-order valence-corrected chi connectivity index (χ1v) is 8.25. The van der Waals surface area contributed by atoms with Gasteiger partial charge in [0.1, 0.15) is 0 Å². The Bertz CT molecular complexity index is 789. The molecule has 1 aliphatic heterocycles. The van der Waals surface area contributed by atoms with Gasteiger partial charge in [0, 0.05) is 39.2 Å². The lowest BCUT2D eigenvalue weighted by Gasteiger charge is -2.25. The van der Waals surface area contributed by atoms with Crippen molar-refractivity contribution < 1.29 is 9.59 Å². The molecule has 0 aromatic carbocycles. The number of guanidine groups is 1. The fourth-order valence-electron chi connectivity index (χ4n) is 2.73. The number of nitrogens with one attached hydrogen (secondary N) is 2. The molecule has 0 unspecified atom stereocenters. The normalized spacial score (nSPS) is 15.1. The molecule has 1 fully saturated rings. The Balaban J connectivity index is 0.00000243. The highest BCUT2D eigenvalue weighted by atomic mass is 127. The molecule has 1 aliphatic rings. The van der Waals surface area contributed by atoms with Crippen LogP contribution in [0.25, 0.3) is 5.65 Å². The summed E-state index contributed by atoms with van der Waals surface area (Å²) in [5.74, 6) is 1.14. The summed E-state index contributed by atoms with van der Waals surface area (Å²) in [6.45, 7) is 1.23. The van der Waals surface area contributed by atoms with Crippen LogP contribution in [0.5, 0.6) is 0 Å². The lowest BCUT2D eigenvalue weighted by atomic mass is 10.1. The van der Waals surface area contributed by atoms with Gasteiger partial charge in [-0.05, 0) is 18.6 Å². The van der Waals surface area contributed by atoms with Gasteiger partial charge in [-0.25, -0.2) is 0 Å². The maximum atomic E-state index is 11.8. The van der Waals surface area contributed by atoms with Gasteiger partial charge in [-0.1, -0.05) is 6.07 Å². The van der Waals surface area contributed by atoms with Crippen LogP contribution < -0.4 is 10.6 Å². The van der Waals surface area contributed by atoms with Crippen molar-refractivity contribution in [3.05, 3.63) is 30.2 Å². The Labute approximate surface area is 168 Å². The van der Waals surface area contributed by atoms with Gasteiger partial charge in [-0.2, -0.15) is 0 Å². The highest BCUT2D eigenvalue weighted by molar-refractivity contribution is 14.0. The number of halogens is 1. The molecule has 26 heavy (non-hydrogen) atoms. The molecule has 0 spiro atoms. The number of likely N-dealkylation sites (tertiary alicyclic amines) is 1. The molecule has 3 rings (SSSR count). The number of aliphatic imine (C=N–C) groups is 1. The smallest absolute Gasteiger partial charge is 0.229 e. The van der Waals surface area contributed by atoms with E-state index in [-0.39, 0.29) is 35.8 Å². The standard InChI is InChI=1S/C16H21N7O2.HI/c1-17-16(18-8-10-23-14(24)6-4-7-15(23)25)19-11-13-21-20-12-5-2-3-9-22(12)13;/h2-3,5,9H,4,6-8,10-11H2,1H3,(H2,17,18,19);1H. The molecule has 0 saturated carbocycles. The summed E-state index contributed by atoms with van der Waals surface area (Å²) >= 11 is 0. The summed E-state index contributed by atoms with van der Waals surface area (Å²) in [6.07, 6.45) is 3.44. The molecule has 0 atom stereocenters. The van der Waals surface area contributed by atoms with Gasteiger partial charge in [-0.3, -0.25) is 23.9 Å². The minimum absolute atomic E-state index is 0. The molecule has 0 bridgehead atoms. The molecule has 9 nitrogen and oxygen atoms in total. The summed E-state index contributed by atoms with van der Waals surface area (Å²) in [7, 11) is 1.66. The zero-order valence-corrected chi connectivity index (χ0v) is 16.8. The van der Waals surface area contributed by atoms with E-state index in [1.54, 1.807) is 7.05 Å². The molecular formula is C16H22IN7O2. The monoisotopic (exact) mass is 471 g/mol. The van der Waals surface area contributed by atoms with E-state index in [4.69, 9.17) is 0 Å². The number of aromatic nitrogens is 3. The van der Waals surface area contributed by atoms with Gasteiger partial charge < -0.3 is 10.6 Å².